The molecule has 0 N–H and O–H groups in total. The first kappa shape index (κ1) is 30.0. The molecule has 0 aliphatic carbocycles. The minimum atomic E-state index is -3.62. The number of amides is 1. The fourth-order valence-corrected chi connectivity index (χ4v) is 7.07. The van der Waals surface area contributed by atoms with Gasteiger partial charge in [-0.1, -0.05) is 45.1 Å². The number of hydrogen-bond donors (Lipinski definition) is 0. The number of sulfonamides is 1. The van der Waals surface area contributed by atoms with Crippen LogP contribution in [0.3, 0.4) is 0 Å². The lowest BCUT2D eigenvalue weighted by atomic mass is 10.2. The Balaban J connectivity index is 1.98. The van der Waals surface area contributed by atoms with Crippen molar-refractivity contribution < 1.29 is 17.9 Å². The second-order valence-electron chi connectivity index (χ2n) is 9.17. The van der Waals surface area contributed by atoms with E-state index in [1.807, 2.05) is 32.9 Å². The summed E-state index contributed by atoms with van der Waals surface area (Å²) in [5.74, 6) is 0.457. The van der Waals surface area contributed by atoms with Crippen LogP contribution in [-0.4, -0.2) is 74.9 Å². The molecule has 2 aromatic carbocycles. The van der Waals surface area contributed by atoms with Gasteiger partial charge < -0.3 is 9.64 Å². The SMILES string of the molecule is CCCN(CCC)S(=O)(=O)c1ccc(C(=O)N(CCN(CC)CC)c2nc3c(OC)ccc(C)c3s2)cc1. The Morgan fingerprint density at radius 1 is 0.921 bits per heavy atom. The van der Waals surface area contributed by atoms with E-state index in [1.165, 1.54) is 27.8 Å². The smallest absolute Gasteiger partial charge is 0.260 e. The third-order valence-electron chi connectivity index (χ3n) is 6.61. The zero-order chi connectivity index (χ0) is 27.9. The summed E-state index contributed by atoms with van der Waals surface area (Å²) in [5, 5.41) is 0.596. The van der Waals surface area contributed by atoms with Crippen LogP contribution in [0.5, 0.6) is 5.75 Å². The molecule has 38 heavy (non-hydrogen) atoms. The topological polar surface area (TPSA) is 83.1 Å². The number of likely N-dealkylation sites (N-methyl/N-ethyl adjacent to an activating group) is 1. The standard InChI is InChI=1S/C28H40N4O4S2/c1-7-17-31(18-8-2)38(34,35)23-14-12-22(13-15-23)27(33)32(20-19-30(9-3)10-4)28-29-25-24(36-6)16-11-21(5)26(25)37-28/h11-16H,7-10,17-20H2,1-6H3. The number of aromatic nitrogens is 1. The van der Waals surface area contributed by atoms with Crippen molar-refractivity contribution in [1.29, 1.82) is 0 Å². The summed E-state index contributed by atoms with van der Waals surface area (Å²) in [4.78, 5) is 22.8. The molecule has 1 heterocycles. The van der Waals surface area contributed by atoms with Gasteiger partial charge in [0, 0.05) is 31.7 Å². The predicted octanol–water partition coefficient (Wildman–Crippen LogP) is 5.41. The number of rotatable bonds is 14. The maximum atomic E-state index is 13.8. The molecular formula is C28H40N4O4S2. The summed E-state index contributed by atoms with van der Waals surface area (Å²) in [6, 6.07) is 10.2. The van der Waals surface area contributed by atoms with Gasteiger partial charge in [0.25, 0.3) is 5.91 Å². The van der Waals surface area contributed by atoms with Gasteiger partial charge in [-0.3, -0.25) is 9.69 Å². The second kappa shape index (κ2) is 13.5. The van der Waals surface area contributed by atoms with E-state index in [9.17, 15) is 13.2 Å². The van der Waals surface area contributed by atoms with Crippen LogP contribution in [0.25, 0.3) is 10.2 Å². The van der Waals surface area contributed by atoms with Crippen molar-refractivity contribution in [3.05, 3.63) is 47.5 Å². The monoisotopic (exact) mass is 560 g/mol. The van der Waals surface area contributed by atoms with E-state index in [2.05, 4.69) is 18.7 Å². The highest BCUT2D eigenvalue weighted by molar-refractivity contribution is 7.89. The largest absolute Gasteiger partial charge is 0.494 e. The summed E-state index contributed by atoms with van der Waals surface area (Å²) in [5.41, 5.74) is 2.23. The molecule has 0 saturated heterocycles. The first-order valence-corrected chi connectivity index (χ1v) is 15.6. The van der Waals surface area contributed by atoms with E-state index in [0.29, 0.717) is 42.6 Å². The maximum Gasteiger partial charge on any atom is 0.260 e. The molecule has 8 nitrogen and oxygen atoms in total. The van der Waals surface area contributed by atoms with Crippen molar-refractivity contribution in [3.63, 3.8) is 0 Å². The van der Waals surface area contributed by atoms with E-state index >= 15 is 0 Å². The second-order valence-corrected chi connectivity index (χ2v) is 12.1. The highest BCUT2D eigenvalue weighted by Gasteiger charge is 2.26. The molecule has 0 fully saturated rings. The lowest BCUT2D eigenvalue weighted by Crippen LogP contribution is -2.39. The summed E-state index contributed by atoms with van der Waals surface area (Å²) >= 11 is 1.47. The fraction of sp³-hybridized carbons (Fsp3) is 0.500. The molecule has 1 amide bonds. The van der Waals surface area contributed by atoms with Crippen molar-refractivity contribution in [2.75, 3.05) is 51.3 Å². The molecule has 3 rings (SSSR count). The third-order valence-corrected chi connectivity index (χ3v) is 9.73. The summed E-state index contributed by atoms with van der Waals surface area (Å²) in [6.07, 6.45) is 1.48. The van der Waals surface area contributed by atoms with Crippen molar-refractivity contribution in [3.8, 4) is 5.75 Å². The van der Waals surface area contributed by atoms with E-state index in [0.717, 1.165) is 41.7 Å². The lowest BCUT2D eigenvalue weighted by Gasteiger charge is -2.25. The zero-order valence-electron chi connectivity index (χ0n) is 23.4. The van der Waals surface area contributed by atoms with Crippen LogP contribution >= 0.6 is 11.3 Å². The van der Waals surface area contributed by atoms with Crippen LogP contribution in [0.4, 0.5) is 5.13 Å². The van der Waals surface area contributed by atoms with Crippen LogP contribution in [0.2, 0.25) is 0 Å². The predicted molar refractivity (Wildman–Crippen MR) is 156 cm³/mol. The lowest BCUT2D eigenvalue weighted by molar-refractivity contribution is 0.0983. The quantitative estimate of drug-likeness (QED) is 0.262. The number of aryl methyl sites for hydroxylation is 1. The highest BCUT2D eigenvalue weighted by atomic mass is 32.2. The fourth-order valence-electron chi connectivity index (χ4n) is 4.37. The zero-order valence-corrected chi connectivity index (χ0v) is 25.0. The molecule has 0 bridgehead atoms. The van der Waals surface area contributed by atoms with E-state index < -0.39 is 10.0 Å². The maximum absolute atomic E-state index is 13.8. The molecule has 208 valence electrons. The van der Waals surface area contributed by atoms with Gasteiger partial charge in [-0.15, -0.1) is 0 Å². The summed E-state index contributed by atoms with van der Waals surface area (Å²) in [7, 11) is -2.01. The van der Waals surface area contributed by atoms with E-state index in [1.54, 1.807) is 24.1 Å². The Kier molecular flexibility index (Phi) is 10.7. The van der Waals surface area contributed by atoms with Gasteiger partial charge in [0.05, 0.1) is 16.7 Å². The molecule has 10 heteroatoms. The Morgan fingerprint density at radius 3 is 2.11 bits per heavy atom. The Hall–Kier alpha value is -2.53. The number of hydrogen-bond acceptors (Lipinski definition) is 7. The molecule has 0 atom stereocenters. The van der Waals surface area contributed by atoms with Gasteiger partial charge in [0.1, 0.15) is 11.3 Å². The molecule has 0 aliphatic rings. The van der Waals surface area contributed by atoms with Crippen LogP contribution in [0.15, 0.2) is 41.3 Å². The van der Waals surface area contributed by atoms with Crippen molar-refractivity contribution in [2.24, 2.45) is 0 Å². The van der Waals surface area contributed by atoms with E-state index in [-0.39, 0.29) is 10.8 Å². The van der Waals surface area contributed by atoms with Gasteiger partial charge in [0.2, 0.25) is 10.0 Å². The number of methoxy groups -OCH3 is 1. The van der Waals surface area contributed by atoms with Gasteiger partial charge in [-0.2, -0.15) is 4.31 Å². The van der Waals surface area contributed by atoms with Crippen LogP contribution in [0, 0.1) is 6.92 Å². The average Bonchev–Trinajstić information content (AvgIpc) is 3.37. The molecule has 1 aromatic heterocycles. The van der Waals surface area contributed by atoms with Gasteiger partial charge in [-0.25, -0.2) is 13.4 Å². The van der Waals surface area contributed by atoms with Gasteiger partial charge >= 0.3 is 0 Å². The summed E-state index contributed by atoms with van der Waals surface area (Å²) in [6.45, 7) is 14.0. The van der Waals surface area contributed by atoms with Gasteiger partial charge in [0.15, 0.2) is 5.13 Å². The number of nitrogens with zero attached hydrogens (tertiary/aromatic N) is 4. The van der Waals surface area contributed by atoms with Crippen LogP contribution < -0.4 is 9.64 Å². The normalized spacial score (nSPS) is 12.0. The van der Waals surface area contributed by atoms with Crippen molar-refractivity contribution in [2.45, 2.75) is 52.4 Å². The Bertz CT molecular complexity index is 1310. The number of carbonyl (C=O) groups is 1. The minimum Gasteiger partial charge on any atom is -0.494 e. The minimum absolute atomic E-state index is 0.200. The first-order chi connectivity index (χ1) is 18.2. The molecule has 0 radical (unpaired) electrons. The third kappa shape index (κ3) is 6.54. The highest BCUT2D eigenvalue weighted by Crippen LogP contribution is 2.37. The average molecular weight is 561 g/mol. The van der Waals surface area contributed by atoms with Crippen LogP contribution in [0.1, 0.15) is 56.5 Å². The van der Waals surface area contributed by atoms with Crippen LogP contribution in [-0.2, 0) is 10.0 Å². The number of fused-ring (bicyclic) bond motifs is 1. The molecular weight excluding hydrogens is 520 g/mol. The van der Waals surface area contributed by atoms with Crippen molar-refractivity contribution in [1.82, 2.24) is 14.2 Å². The summed E-state index contributed by atoms with van der Waals surface area (Å²) < 4.78 is 34.4. The molecule has 0 spiro atoms. The molecule has 0 saturated carbocycles. The number of carbonyl (C=O) groups excluding carboxylic acids is 1. The molecule has 3 aromatic rings. The number of anilines is 1. The number of ether oxygens (including phenoxy) is 1. The van der Waals surface area contributed by atoms with Gasteiger partial charge in [-0.05, 0) is 68.8 Å². The molecule has 0 aliphatic heterocycles. The van der Waals surface area contributed by atoms with Crippen molar-refractivity contribution >= 4 is 42.6 Å². The number of thiazole rings is 1. The van der Waals surface area contributed by atoms with E-state index in [4.69, 9.17) is 9.72 Å². The Labute approximate surface area is 231 Å². The number of benzene rings is 2. The first-order valence-electron chi connectivity index (χ1n) is 13.3. The molecule has 0 unspecified atom stereocenters. The Morgan fingerprint density at radius 2 is 1.55 bits per heavy atom.